The van der Waals surface area contributed by atoms with Crippen LogP contribution in [0.25, 0.3) is 0 Å². The molecule has 0 amide bonds. The molecule has 0 saturated carbocycles. The highest BCUT2D eigenvalue weighted by Crippen LogP contribution is 2.35. The first-order chi connectivity index (χ1) is 9.51. The summed E-state index contributed by atoms with van der Waals surface area (Å²) in [6.07, 6.45) is 0. The number of ether oxygens (including phenoxy) is 2. The number of nitro groups is 1. The summed E-state index contributed by atoms with van der Waals surface area (Å²) < 4.78 is 23.8. The average Bonchev–Trinajstić information content (AvgIpc) is 2.43. The molecule has 0 aliphatic heterocycles. The molecule has 0 heterocycles. The third-order valence-electron chi connectivity index (χ3n) is 2.49. The molecule has 2 aromatic carbocycles. The zero-order valence-electron chi connectivity index (χ0n) is 10.3. The summed E-state index contributed by atoms with van der Waals surface area (Å²) in [5, 5.41) is 10.9. The van der Waals surface area contributed by atoms with Crippen molar-refractivity contribution in [2.24, 2.45) is 0 Å². The molecule has 7 heteroatoms. The van der Waals surface area contributed by atoms with E-state index in [9.17, 15) is 14.5 Å². The van der Waals surface area contributed by atoms with Crippen LogP contribution in [0.5, 0.6) is 17.2 Å². The first kappa shape index (κ1) is 14.3. The van der Waals surface area contributed by atoms with Gasteiger partial charge in [-0.3, -0.25) is 10.1 Å². The maximum atomic E-state index is 13.3. The fraction of sp³-hybridized carbons (Fsp3) is 0.0769. The molecule has 2 rings (SSSR count). The van der Waals surface area contributed by atoms with Gasteiger partial charge in [-0.05, 0) is 40.2 Å². The molecule has 0 aliphatic rings. The molecule has 0 fully saturated rings. The van der Waals surface area contributed by atoms with Gasteiger partial charge in [-0.25, -0.2) is 4.39 Å². The predicted molar refractivity (Wildman–Crippen MR) is 73.8 cm³/mol. The molecule has 0 saturated heterocycles. The lowest BCUT2D eigenvalue weighted by atomic mass is 10.3. The smallest absolute Gasteiger partial charge is 0.314 e. The van der Waals surface area contributed by atoms with Crippen molar-refractivity contribution in [3.8, 4) is 17.2 Å². The van der Waals surface area contributed by atoms with Crippen molar-refractivity contribution in [3.63, 3.8) is 0 Å². The SMILES string of the molecule is COc1ccc(Oc2cc(Br)c(F)cc2[N+](=O)[O-])cc1. The molecular formula is C13H9BrFNO4. The highest BCUT2D eigenvalue weighted by Gasteiger charge is 2.19. The number of rotatable bonds is 4. The predicted octanol–water partition coefficient (Wildman–Crippen LogP) is 4.30. The van der Waals surface area contributed by atoms with Crippen molar-refractivity contribution in [1.82, 2.24) is 0 Å². The number of hydrogen-bond acceptors (Lipinski definition) is 4. The van der Waals surface area contributed by atoms with E-state index in [1.54, 1.807) is 24.3 Å². The first-order valence-corrected chi connectivity index (χ1v) is 6.26. The van der Waals surface area contributed by atoms with Crippen LogP contribution in [0, 0.1) is 15.9 Å². The van der Waals surface area contributed by atoms with E-state index in [1.165, 1.54) is 13.2 Å². The normalized spacial score (nSPS) is 10.2. The summed E-state index contributed by atoms with van der Waals surface area (Å²) >= 11 is 2.97. The van der Waals surface area contributed by atoms with Crippen LogP contribution in [0.1, 0.15) is 0 Å². The minimum atomic E-state index is -0.723. The van der Waals surface area contributed by atoms with E-state index in [1.807, 2.05) is 0 Å². The van der Waals surface area contributed by atoms with E-state index in [-0.39, 0.29) is 10.2 Å². The van der Waals surface area contributed by atoms with Gasteiger partial charge >= 0.3 is 5.69 Å². The Morgan fingerprint density at radius 2 is 1.80 bits per heavy atom. The van der Waals surface area contributed by atoms with Gasteiger partial charge in [0, 0.05) is 6.07 Å². The Bertz CT molecular complexity index is 646. The second-order valence-corrected chi connectivity index (χ2v) is 4.62. The van der Waals surface area contributed by atoms with E-state index in [2.05, 4.69) is 15.9 Å². The van der Waals surface area contributed by atoms with Gasteiger partial charge < -0.3 is 9.47 Å². The maximum absolute atomic E-state index is 13.3. The molecular weight excluding hydrogens is 333 g/mol. The molecule has 0 unspecified atom stereocenters. The topological polar surface area (TPSA) is 61.6 Å². The fourth-order valence-electron chi connectivity index (χ4n) is 1.51. The zero-order valence-corrected chi connectivity index (χ0v) is 11.9. The molecule has 0 aromatic heterocycles. The monoisotopic (exact) mass is 341 g/mol. The van der Waals surface area contributed by atoms with Crippen LogP contribution in [0.15, 0.2) is 40.9 Å². The van der Waals surface area contributed by atoms with Crippen LogP contribution >= 0.6 is 15.9 Å². The Labute approximate surface area is 122 Å². The van der Waals surface area contributed by atoms with Crippen LogP contribution in [0.4, 0.5) is 10.1 Å². The number of halogens is 2. The highest BCUT2D eigenvalue weighted by atomic mass is 79.9. The third kappa shape index (κ3) is 3.05. The molecule has 20 heavy (non-hydrogen) atoms. The lowest BCUT2D eigenvalue weighted by molar-refractivity contribution is -0.385. The van der Waals surface area contributed by atoms with Gasteiger partial charge in [-0.2, -0.15) is 0 Å². The summed E-state index contributed by atoms with van der Waals surface area (Å²) in [4.78, 5) is 10.2. The molecule has 0 spiro atoms. The molecule has 104 valence electrons. The molecule has 0 aliphatic carbocycles. The first-order valence-electron chi connectivity index (χ1n) is 5.46. The lowest BCUT2D eigenvalue weighted by Gasteiger charge is -2.08. The van der Waals surface area contributed by atoms with E-state index >= 15 is 0 Å². The number of methoxy groups -OCH3 is 1. The molecule has 0 radical (unpaired) electrons. The van der Waals surface area contributed by atoms with Crippen molar-refractivity contribution in [1.29, 1.82) is 0 Å². The Kier molecular flexibility index (Phi) is 4.19. The van der Waals surface area contributed by atoms with Crippen LogP contribution in [0.2, 0.25) is 0 Å². The van der Waals surface area contributed by atoms with E-state index in [4.69, 9.17) is 9.47 Å². The fourth-order valence-corrected chi connectivity index (χ4v) is 1.84. The van der Waals surface area contributed by atoms with Gasteiger partial charge in [0.15, 0.2) is 0 Å². The highest BCUT2D eigenvalue weighted by molar-refractivity contribution is 9.10. The molecule has 5 nitrogen and oxygen atoms in total. The summed E-state index contributed by atoms with van der Waals surface area (Å²) in [6, 6.07) is 8.53. The molecule has 2 aromatic rings. The summed E-state index contributed by atoms with van der Waals surface area (Å²) in [7, 11) is 1.53. The van der Waals surface area contributed by atoms with Crippen molar-refractivity contribution in [3.05, 3.63) is 56.8 Å². The van der Waals surface area contributed by atoms with Crippen molar-refractivity contribution >= 4 is 21.6 Å². The minimum absolute atomic E-state index is 0.0477. The number of nitrogens with zero attached hydrogens (tertiary/aromatic N) is 1. The second kappa shape index (κ2) is 5.87. The Hall–Kier alpha value is -2.15. The summed E-state index contributed by atoms with van der Waals surface area (Å²) in [6.45, 7) is 0. The Morgan fingerprint density at radius 1 is 1.20 bits per heavy atom. The van der Waals surface area contributed by atoms with Gasteiger partial charge in [-0.1, -0.05) is 0 Å². The summed E-state index contributed by atoms with van der Waals surface area (Å²) in [5.41, 5.74) is -0.443. The van der Waals surface area contributed by atoms with Gasteiger partial charge in [0.25, 0.3) is 0 Å². The van der Waals surface area contributed by atoms with Crippen molar-refractivity contribution in [2.75, 3.05) is 7.11 Å². The average molecular weight is 342 g/mol. The third-order valence-corrected chi connectivity index (χ3v) is 3.09. The van der Waals surface area contributed by atoms with Gasteiger partial charge in [0.2, 0.25) is 5.75 Å². The van der Waals surface area contributed by atoms with Gasteiger partial charge in [-0.15, -0.1) is 0 Å². The van der Waals surface area contributed by atoms with Crippen LogP contribution < -0.4 is 9.47 Å². The van der Waals surface area contributed by atoms with E-state index in [0.29, 0.717) is 11.5 Å². The standard InChI is InChI=1S/C13H9BrFNO4/c1-19-8-2-4-9(5-3-8)20-13-6-10(14)11(15)7-12(13)16(17)18/h2-7H,1H3. The maximum Gasteiger partial charge on any atom is 0.314 e. The number of hydrogen-bond donors (Lipinski definition) is 0. The van der Waals surface area contributed by atoms with E-state index in [0.717, 1.165) is 6.07 Å². The second-order valence-electron chi connectivity index (χ2n) is 3.77. The van der Waals surface area contributed by atoms with Crippen LogP contribution in [-0.4, -0.2) is 12.0 Å². The Balaban J connectivity index is 2.36. The zero-order chi connectivity index (χ0) is 14.7. The van der Waals surface area contributed by atoms with Gasteiger partial charge in [0.05, 0.1) is 22.6 Å². The quantitative estimate of drug-likeness (QED) is 0.614. The van der Waals surface area contributed by atoms with E-state index < -0.39 is 16.4 Å². The number of nitro benzene ring substituents is 1. The van der Waals surface area contributed by atoms with Crippen LogP contribution in [-0.2, 0) is 0 Å². The lowest BCUT2D eigenvalue weighted by Crippen LogP contribution is -1.95. The largest absolute Gasteiger partial charge is 0.497 e. The number of benzene rings is 2. The van der Waals surface area contributed by atoms with Crippen molar-refractivity contribution in [2.45, 2.75) is 0 Å². The molecule has 0 N–H and O–H groups in total. The Morgan fingerprint density at radius 3 is 2.35 bits per heavy atom. The molecule has 0 bridgehead atoms. The van der Waals surface area contributed by atoms with Gasteiger partial charge in [0.1, 0.15) is 17.3 Å². The van der Waals surface area contributed by atoms with Crippen molar-refractivity contribution < 1.29 is 18.8 Å². The molecule has 0 atom stereocenters. The van der Waals surface area contributed by atoms with Crippen LogP contribution in [0.3, 0.4) is 0 Å². The summed E-state index contributed by atoms with van der Waals surface area (Å²) in [5.74, 6) is 0.242. The minimum Gasteiger partial charge on any atom is -0.497 e.